The average Bonchev–Trinajstić information content (AvgIpc) is 3.56. The number of halogens is 3. The van der Waals surface area contributed by atoms with E-state index in [9.17, 15) is 13.6 Å². The van der Waals surface area contributed by atoms with Crippen LogP contribution in [-0.2, 0) is 0 Å². The van der Waals surface area contributed by atoms with Crippen LogP contribution in [0.4, 0.5) is 29.5 Å². The van der Waals surface area contributed by atoms with Crippen LogP contribution in [0.15, 0.2) is 53.9 Å². The lowest BCUT2D eigenvalue weighted by Crippen LogP contribution is -2.29. The maximum absolute atomic E-state index is 15.6. The summed E-state index contributed by atoms with van der Waals surface area (Å²) in [6.45, 7) is 3.72. The number of aromatic nitrogens is 3. The molecule has 2 aromatic carbocycles. The Hall–Kier alpha value is -4.21. The first-order valence-electron chi connectivity index (χ1n) is 11.5. The molecule has 3 heterocycles. The quantitative estimate of drug-likeness (QED) is 0.332. The molecule has 0 spiro atoms. The predicted octanol–water partition coefficient (Wildman–Crippen LogP) is 5.80. The minimum Gasteiger partial charge on any atom is -0.329 e. The maximum atomic E-state index is 15.6. The van der Waals surface area contributed by atoms with Gasteiger partial charge in [-0.2, -0.15) is 0 Å². The minimum absolute atomic E-state index is 0.121. The number of carbonyl (C=O) groups is 1. The van der Waals surface area contributed by atoms with E-state index in [1.165, 1.54) is 34.3 Å². The van der Waals surface area contributed by atoms with E-state index in [-0.39, 0.29) is 6.54 Å². The van der Waals surface area contributed by atoms with Crippen LogP contribution in [0.25, 0.3) is 22.2 Å². The molecule has 36 heavy (non-hydrogen) atoms. The molecule has 0 bridgehead atoms. The second-order valence-electron chi connectivity index (χ2n) is 9.12. The number of aliphatic imine (C=N–C) groups is 1. The lowest BCUT2D eigenvalue weighted by Gasteiger charge is -2.18. The molecule has 1 unspecified atom stereocenters. The van der Waals surface area contributed by atoms with Gasteiger partial charge >= 0.3 is 6.03 Å². The molecule has 1 aliphatic carbocycles. The van der Waals surface area contributed by atoms with Crippen molar-refractivity contribution in [1.29, 1.82) is 0 Å². The molecule has 1 saturated heterocycles. The number of hydrogen-bond acceptors (Lipinski definition) is 4. The van der Waals surface area contributed by atoms with Crippen molar-refractivity contribution in [2.24, 2.45) is 4.99 Å². The Labute approximate surface area is 204 Å². The highest BCUT2D eigenvalue weighted by Gasteiger charge is 2.37. The Kier molecular flexibility index (Phi) is 5.06. The number of nitrogens with zero attached hydrogens (tertiary/aromatic N) is 6. The van der Waals surface area contributed by atoms with Crippen molar-refractivity contribution in [1.82, 2.24) is 19.4 Å². The Morgan fingerprint density at radius 1 is 1.03 bits per heavy atom. The van der Waals surface area contributed by atoms with E-state index in [4.69, 9.17) is 0 Å². The van der Waals surface area contributed by atoms with Crippen LogP contribution >= 0.6 is 0 Å². The van der Waals surface area contributed by atoms with Gasteiger partial charge in [-0.1, -0.05) is 0 Å². The van der Waals surface area contributed by atoms with Crippen molar-refractivity contribution in [3.8, 4) is 11.1 Å². The molecule has 0 N–H and O–H groups in total. The summed E-state index contributed by atoms with van der Waals surface area (Å²) >= 11 is 0. The molecule has 4 aromatic rings. The number of fused-ring (bicyclic) bond motifs is 1. The molecular formula is C26H21F3N6O. The monoisotopic (exact) mass is 490 g/mol. The van der Waals surface area contributed by atoms with Gasteiger partial charge in [-0.05, 0) is 55.5 Å². The maximum Gasteiger partial charge on any atom is 0.324 e. The molecule has 2 aliphatic rings. The highest BCUT2D eigenvalue weighted by molar-refractivity contribution is 6.01. The fraction of sp³-hybridized carbons (Fsp3) is 0.231. The van der Waals surface area contributed by atoms with Gasteiger partial charge in [0.05, 0.1) is 18.0 Å². The van der Waals surface area contributed by atoms with Crippen molar-refractivity contribution < 1.29 is 18.0 Å². The molecule has 10 heteroatoms. The van der Waals surface area contributed by atoms with E-state index in [1.54, 1.807) is 19.2 Å². The molecule has 2 amide bonds. The van der Waals surface area contributed by atoms with E-state index in [0.29, 0.717) is 45.3 Å². The summed E-state index contributed by atoms with van der Waals surface area (Å²) in [5.74, 6) is -1.60. The topological polar surface area (TPSA) is 66.6 Å². The van der Waals surface area contributed by atoms with E-state index in [2.05, 4.69) is 21.7 Å². The number of hydrogen-bond donors (Lipinski definition) is 0. The number of amides is 2. The number of benzene rings is 2. The number of rotatable bonds is 5. The Morgan fingerprint density at radius 3 is 2.44 bits per heavy atom. The van der Waals surface area contributed by atoms with Crippen molar-refractivity contribution in [2.75, 3.05) is 18.5 Å². The Balaban J connectivity index is 1.38. The first kappa shape index (κ1) is 22.3. The van der Waals surface area contributed by atoms with Crippen molar-refractivity contribution in [3.63, 3.8) is 0 Å². The van der Waals surface area contributed by atoms with Crippen LogP contribution in [0.3, 0.4) is 0 Å². The summed E-state index contributed by atoms with van der Waals surface area (Å²) in [4.78, 5) is 28.4. The van der Waals surface area contributed by atoms with Crippen LogP contribution in [0.5, 0.6) is 0 Å². The first-order chi connectivity index (χ1) is 17.4. The molecule has 0 radical (unpaired) electrons. The van der Waals surface area contributed by atoms with E-state index in [1.807, 2.05) is 10.8 Å². The number of anilines is 1. The van der Waals surface area contributed by atoms with Gasteiger partial charge in [0.1, 0.15) is 29.4 Å². The van der Waals surface area contributed by atoms with Gasteiger partial charge in [0, 0.05) is 42.2 Å². The van der Waals surface area contributed by atoms with Crippen LogP contribution in [0.1, 0.15) is 30.5 Å². The van der Waals surface area contributed by atoms with E-state index >= 15 is 4.39 Å². The minimum atomic E-state index is -0.720. The molecule has 182 valence electrons. The molecule has 1 atom stereocenters. The number of carbonyl (C=O) groups excluding carboxylic acids is 1. The Morgan fingerprint density at radius 2 is 1.78 bits per heavy atom. The highest BCUT2D eigenvalue weighted by Crippen LogP contribution is 2.44. The summed E-state index contributed by atoms with van der Waals surface area (Å²) in [7, 11) is 1.55. The van der Waals surface area contributed by atoms with Crippen LogP contribution < -0.4 is 4.90 Å². The van der Waals surface area contributed by atoms with E-state index < -0.39 is 29.5 Å². The van der Waals surface area contributed by atoms with Gasteiger partial charge in [-0.15, -0.1) is 0 Å². The van der Waals surface area contributed by atoms with Gasteiger partial charge in [0.25, 0.3) is 0 Å². The Bertz CT molecular complexity index is 1530. The van der Waals surface area contributed by atoms with Crippen LogP contribution in [-0.4, -0.2) is 45.8 Å². The summed E-state index contributed by atoms with van der Waals surface area (Å²) in [6.07, 6.45) is 5.33. The highest BCUT2D eigenvalue weighted by atomic mass is 19.1. The number of urea groups is 1. The summed E-state index contributed by atoms with van der Waals surface area (Å²) in [5.41, 5.74) is 2.28. The molecule has 7 nitrogen and oxygen atoms in total. The fourth-order valence-electron chi connectivity index (χ4n) is 4.92. The summed E-state index contributed by atoms with van der Waals surface area (Å²) < 4.78 is 45.2. The van der Waals surface area contributed by atoms with Gasteiger partial charge in [0.15, 0.2) is 5.82 Å². The van der Waals surface area contributed by atoms with Crippen molar-refractivity contribution >= 4 is 35.3 Å². The molecule has 1 saturated carbocycles. The third-order valence-corrected chi connectivity index (χ3v) is 6.86. The standard InChI is InChI=1S/C26H21F3N6O/c1-30-24-23-20(11-34(17-3-4-17)25(23)32-13-31-24)19-6-5-18(10-21(19)29)35-12-22(33(2)26(35)36)14-7-15(27)9-16(28)8-14/h5-11,13,17,22H,1,3-4,12H2,2H3. The zero-order valence-corrected chi connectivity index (χ0v) is 19.3. The molecular weight excluding hydrogens is 469 g/mol. The summed E-state index contributed by atoms with van der Waals surface area (Å²) in [5, 5.41) is 0.622. The van der Waals surface area contributed by atoms with Crippen LogP contribution in [0.2, 0.25) is 0 Å². The first-order valence-corrected chi connectivity index (χ1v) is 11.5. The van der Waals surface area contributed by atoms with Gasteiger partial charge < -0.3 is 9.47 Å². The lowest BCUT2D eigenvalue weighted by molar-refractivity contribution is 0.219. The van der Waals surface area contributed by atoms with Crippen molar-refractivity contribution in [2.45, 2.75) is 24.9 Å². The smallest absolute Gasteiger partial charge is 0.324 e. The van der Waals surface area contributed by atoms with Gasteiger partial charge in [-0.25, -0.2) is 32.9 Å². The van der Waals surface area contributed by atoms with Crippen LogP contribution in [0, 0.1) is 17.5 Å². The third kappa shape index (κ3) is 3.52. The molecule has 6 rings (SSSR count). The van der Waals surface area contributed by atoms with Crippen molar-refractivity contribution in [3.05, 3.63) is 71.9 Å². The van der Waals surface area contributed by atoms with E-state index in [0.717, 1.165) is 18.9 Å². The average molecular weight is 490 g/mol. The normalized spacial score (nSPS) is 17.9. The zero-order valence-electron chi connectivity index (χ0n) is 19.3. The van der Waals surface area contributed by atoms with Gasteiger partial charge in [0.2, 0.25) is 0 Å². The molecule has 1 aliphatic heterocycles. The largest absolute Gasteiger partial charge is 0.329 e. The molecule has 2 fully saturated rings. The second kappa shape index (κ2) is 8.18. The second-order valence-corrected chi connectivity index (χ2v) is 9.12. The lowest BCUT2D eigenvalue weighted by atomic mass is 10.0. The number of likely N-dealkylation sites (N-methyl/N-ethyl adjacent to an activating group) is 1. The zero-order chi connectivity index (χ0) is 25.1. The van der Waals surface area contributed by atoms with Gasteiger partial charge in [-0.3, -0.25) is 4.90 Å². The predicted molar refractivity (Wildman–Crippen MR) is 130 cm³/mol. The SMILES string of the molecule is C=Nc1ncnc2c1c(-c1ccc(N3CC(c4cc(F)cc(F)c4)N(C)C3=O)cc1F)cn2C1CC1. The molecule has 2 aromatic heterocycles. The summed E-state index contributed by atoms with van der Waals surface area (Å²) in [6, 6.07) is 7.07. The fourth-order valence-corrected chi connectivity index (χ4v) is 4.92. The third-order valence-electron chi connectivity index (χ3n) is 6.86.